The van der Waals surface area contributed by atoms with Crippen molar-refractivity contribution in [1.29, 1.82) is 0 Å². The van der Waals surface area contributed by atoms with Crippen LogP contribution in [0.25, 0.3) is 0 Å². The summed E-state index contributed by atoms with van der Waals surface area (Å²) in [6.45, 7) is 2.79. The minimum Gasteiger partial charge on any atom is -0.368 e. The second kappa shape index (κ2) is 8.22. The van der Waals surface area contributed by atoms with Crippen LogP contribution in [0.1, 0.15) is 20.7 Å². The smallest absolute Gasteiger partial charge is 0.256 e. The van der Waals surface area contributed by atoms with Gasteiger partial charge in [0, 0.05) is 49.6 Å². The average Bonchev–Trinajstić information content (AvgIpc) is 3.30. The van der Waals surface area contributed by atoms with Gasteiger partial charge in [0.25, 0.3) is 11.8 Å². The second-order valence-corrected chi connectivity index (χ2v) is 7.28. The quantitative estimate of drug-likeness (QED) is 0.739. The fourth-order valence-electron chi connectivity index (χ4n) is 3.26. The average molecular weight is 392 g/mol. The molecule has 1 aliphatic heterocycles. The summed E-state index contributed by atoms with van der Waals surface area (Å²) >= 11 is 1.47. The van der Waals surface area contributed by atoms with Gasteiger partial charge in [0.1, 0.15) is 0 Å². The van der Waals surface area contributed by atoms with Crippen LogP contribution in [0.15, 0.2) is 65.6 Å². The lowest BCUT2D eigenvalue weighted by molar-refractivity contribution is 0.0748. The largest absolute Gasteiger partial charge is 0.368 e. The number of carbonyl (C=O) groups excluding carboxylic acids is 2. The highest BCUT2D eigenvalue weighted by Crippen LogP contribution is 2.21. The fourth-order valence-corrected chi connectivity index (χ4v) is 3.90. The molecule has 4 rings (SSSR count). The third-order valence-corrected chi connectivity index (χ3v) is 5.47. The van der Waals surface area contributed by atoms with E-state index >= 15 is 0 Å². The minimum atomic E-state index is -0.205. The number of nitrogens with one attached hydrogen (secondary N) is 1. The van der Waals surface area contributed by atoms with Crippen LogP contribution in [0.5, 0.6) is 0 Å². The van der Waals surface area contributed by atoms with Crippen LogP contribution in [-0.2, 0) is 0 Å². The number of amides is 2. The van der Waals surface area contributed by atoms with Crippen molar-refractivity contribution in [3.63, 3.8) is 0 Å². The Kier molecular flexibility index (Phi) is 5.34. The maximum absolute atomic E-state index is 13.1. The fraction of sp³-hybridized carbons (Fsp3) is 0.190. The maximum Gasteiger partial charge on any atom is 0.256 e. The molecule has 0 radical (unpaired) electrons. The van der Waals surface area contributed by atoms with Gasteiger partial charge in [-0.1, -0.05) is 12.1 Å². The molecule has 3 aromatic rings. The van der Waals surface area contributed by atoms with Gasteiger partial charge in [-0.2, -0.15) is 11.3 Å². The Hall–Kier alpha value is -3.19. The van der Waals surface area contributed by atoms with Crippen LogP contribution in [0, 0.1) is 0 Å². The first-order valence-electron chi connectivity index (χ1n) is 9.09. The number of benzene rings is 1. The van der Waals surface area contributed by atoms with Crippen LogP contribution in [0.3, 0.4) is 0 Å². The van der Waals surface area contributed by atoms with Crippen molar-refractivity contribution >= 4 is 34.5 Å². The van der Waals surface area contributed by atoms with Crippen LogP contribution in [-0.4, -0.2) is 47.9 Å². The zero-order valence-corrected chi connectivity index (χ0v) is 16.1. The molecule has 6 nitrogen and oxygen atoms in total. The molecule has 2 aromatic heterocycles. The molecule has 0 spiro atoms. The molecule has 1 aliphatic rings. The summed E-state index contributed by atoms with van der Waals surface area (Å²) in [4.78, 5) is 33.6. The predicted octanol–water partition coefficient (Wildman–Crippen LogP) is 3.36. The molecule has 2 amide bonds. The Labute approximate surface area is 167 Å². The number of carbonyl (C=O) groups is 2. The summed E-state index contributed by atoms with van der Waals surface area (Å²) in [5.74, 6) is -0.264. The first-order valence-corrected chi connectivity index (χ1v) is 10.0. The van der Waals surface area contributed by atoms with E-state index < -0.39 is 0 Å². The van der Waals surface area contributed by atoms with Gasteiger partial charge in [-0.05, 0) is 35.7 Å². The third-order valence-electron chi connectivity index (χ3n) is 4.78. The van der Waals surface area contributed by atoms with E-state index in [9.17, 15) is 9.59 Å². The molecule has 0 bridgehead atoms. The lowest BCUT2D eigenvalue weighted by atomic mass is 10.1. The number of nitrogens with zero attached hydrogens (tertiary/aromatic N) is 3. The van der Waals surface area contributed by atoms with E-state index in [4.69, 9.17) is 0 Å². The molecule has 1 N–H and O–H groups in total. The van der Waals surface area contributed by atoms with E-state index in [0.29, 0.717) is 29.9 Å². The Bertz CT molecular complexity index is 952. The van der Waals surface area contributed by atoms with Gasteiger partial charge in [0.05, 0.1) is 16.8 Å². The summed E-state index contributed by atoms with van der Waals surface area (Å²) < 4.78 is 0. The van der Waals surface area contributed by atoms with E-state index in [1.165, 1.54) is 11.3 Å². The molecule has 28 heavy (non-hydrogen) atoms. The van der Waals surface area contributed by atoms with Gasteiger partial charge in [-0.3, -0.25) is 14.6 Å². The van der Waals surface area contributed by atoms with Crippen molar-refractivity contribution in [1.82, 2.24) is 9.88 Å². The van der Waals surface area contributed by atoms with Crippen molar-refractivity contribution in [3.8, 4) is 0 Å². The predicted molar refractivity (Wildman–Crippen MR) is 111 cm³/mol. The van der Waals surface area contributed by atoms with E-state index in [-0.39, 0.29) is 11.8 Å². The highest BCUT2D eigenvalue weighted by molar-refractivity contribution is 7.08. The lowest BCUT2D eigenvalue weighted by Gasteiger charge is -2.36. The Morgan fingerprint density at radius 3 is 2.43 bits per heavy atom. The number of anilines is 2. The molecule has 0 unspecified atom stereocenters. The first kappa shape index (κ1) is 18.2. The number of pyridine rings is 1. The molecule has 7 heteroatoms. The third kappa shape index (κ3) is 3.89. The number of hydrogen-bond acceptors (Lipinski definition) is 5. The number of thiophene rings is 1. The maximum atomic E-state index is 13.1. The zero-order chi connectivity index (χ0) is 19.3. The SMILES string of the molecule is O=C(Nc1ccccc1C(=O)N1CCN(c2ccncc2)CC1)c1ccsc1. The summed E-state index contributed by atoms with van der Waals surface area (Å²) in [5, 5.41) is 6.52. The van der Waals surface area contributed by atoms with E-state index in [1.807, 2.05) is 34.5 Å². The van der Waals surface area contributed by atoms with Crippen LogP contribution in [0.2, 0.25) is 0 Å². The first-order chi connectivity index (χ1) is 13.7. The van der Waals surface area contributed by atoms with E-state index in [0.717, 1.165) is 18.8 Å². The Balaban J connectivity index is 1.45. The Morgan fingerprint density at radius 2 is 1.71 bits per heavy atom. The van der Waals surface area contributed by atoms with E-state index in [1.54, 1.807) is 36.0 Å². The summed E-state index contributed by atoms with van der Waals surface area (Å²) in [6, 6.07) is 12.9. The standard InChI is InChI=1S/C21H20N4O2S/c26-20(16-7-14-28-15-16)23-19-4-2-1-3-18(19)21(27)25-12-10-24(11-13-25)17-5-8-22-9-6-17/h1-9,14-15H,10-13H2,(H,23,26). The van der Waals surface area contributed by atoms with Gasteiger partial charge in [0.15, 0.2) is 0 Å². The van der Waals surface area contributed by atoms with Crippen LogP contribution in [0.4, 0.5) is 11.4 Å². The van der Waals surface area contributed by atoms with Gasteiger partial charge < -0.3 is 15.1 Å². The molecule has 142 valence electrons. The van der Waals surface area contributed by atoms with Crippen LogP contribution >= 0.6 is 11.3 Å². The van der Waals surface area contributed by atoms with E-state index in [2.05, 4.69) is 15.2 Å². The van der Waals surface area contributed by atoms with Gasteiger partial charge in [-0.25, -0.2) is 0 Å². The highest BCUT2D eigenvalue weighted by atomic mass is 32.1. The highest BCUT2D eigenvalue weighted by Gasteiger charge is 2.24. The number of hydrogen-bond donors (Lipinski definition) is 1. The van der Waals surface area contributed by atoms with Gasteiger partial charge in [-0.15, -0.1) is 0 Å². The van der Waals surface area contributed by atoms with Crippen molar-refractivity contribution in [2.24, 2.45) is 0 Å². The Morgan fingerprint density at radius 1 is 0.964 bits per heavy atom. The molecule has 3 heterocycles. The lowest BCUT2D eigenvalue weighted by Crippen LogP contribution is -2.49. The van der Waals surface area contributed by atoms with Crippen molar-refractivity contribution < 1.29 is 9.59 Å². The topological polar surface area (TPSA) is 65.5 Å². The monoisotopic (exact) mass is 392 g/mol. The molecule has 1 fully saturated rings. The van der Waals surface area contributed by atoms with Crippen LogP contribution < -0.4 is 10.2 Å². The van der Waals surface area contributed by atoms with Gasteiger partial charge >= 0.3 is 0 Å². The molecular weight excluding hydrogens is 372 g/mol. The van der Waals surface area contributed by atoms with Gasteiger partial charge in [0.2, 0.25) is 0 Å². The zero-order valence-electron chi connectivity index (χ0n) is 15.2. The number of aromatic nitrogens is 1. The number of rotatable bonds is 4. The molecule has 1 saturated heterocycles. The summed E-state index contributed by atoms with van der Waals surface area (Å²) in [5.41, 5.74) is 2.77. The summed E-state index contributed by atoms with van der Waals surface area (Å²) in [6.07, 6.45) is 3.55. The number of piperazine rings is 1. The second-order valence-electron chi connectivity index (χ2n) is 6.50. The number of para-hydroxylation sites is 1. The van der Waals surface area contributed by atoms with Crippen molar-refractivity contribution in [2.45, 2.75) is 0 Å². The molecule has 0 aliphatic carbocycles. The van der Waals surface area contributed by atoms with Crippen molar-refractivity contribution in [3.05, 3.63) is 76.7 Å². The summed E-state index contributed by atoms with van der Waals surface area (Å²) in [7, 11) is 0. The molecule has 1 aromatic carbocycles. The molecule has 0 atom stereocenters. The molecule has 0 saturated carbocycles. The van der Waals surface area contributed by atoms with Crippen molar-refractivity contribution in [2.75, 3.05) is 36.4 Å². The minimum absolute atomic E-state index is 0.0596. The normalized spacial score (nSPS) is 14.0. The molecular formula is C21H20N4O2S.